The molecule has 1 fully saturated rings. The average molecular weight is 710 g/mol. The zero-order valence-corrected chi connectivity index (χ0v) is 32.4. The molecular formula is C38H59N7O6. The number of nitrogens with one attached hydrogen (secondary N) is 4. The average Bonchev–Trinajstić information content (AvgIpc) is 3.45. The van der Waals surface area contributed by atoms with E-state index in [2.05, 4.69) is 31.2 Å². The van der Waals surface area contributed by atoms with E-state index in [-0.39, 0.29) is 18.0 Å². The third-order valence-corrected chi connectivity index (χ3v) is 8.07. The summed E-state index contributed by atoms with van der Waals surface area (Å²) < 4.78 is 16.1. The van der Waals surface area contributed by atoms with E-state index in [0.717, 1.165) is 41.7 Å². The van der Waals surface area contributed by atoms with Crippen LogP contribution < -0.4 is 21.3 Å². The van der Waals surface area contributed by atoms with E-state index < -0.39 is 29.4 Å². The van der Waals surface area contributed by atoms with Crippen molar-refractivity contribution < 1.29 is 28.6 Å². The van der Waals surface area contributed by atoms with Crippen LogP contribution in [0.25, 0.3) is 0 Å². The van der Waals surface area contributed by atoms with Gasteiger partial charge in [-0.1, -0.05) is 23.3 Å². The fraction of sp³-hybridized carbons (Fsp3) is 0.605. The number of carbonyl (C=O) groups excluding carboxylic acids is 3. The van der Waals surface area contributed by atoms with E-state index in [1.807, 2.05) is 93.5 Å². The Bertz CT molecular complexity index is 1510. The van der Waals surface area contributed by atoms with Crippen molar-refractivity contribution in [2.75, 3.05) is 38.6 Å². The molecule has 2 aliphatic rings. The Hall–Kier alpha value is -4.55. The van der Waals surface area contributed by atoms with Crippen molar-refractivity contribution in [3.8, 4) is 0 Å². The number of likely N-dealkylation sites (tertiary alicyclic amines) is 1. The predicted octanol–water partition coefficient (Wildman–Crippen LogP) is 6.69. The number of anilines is 1. The third-order valence-electron chi connectivity index (χ3n) is 8.07. The number of amides is 2. The van der Waals surface area contributed by atoms with Crippen molar-refractivity contribution in [2.24, 2.45) is 15.9 Å². The van der Waals surface area contributed by atoms with Gasteiger partial charge in [0.1, 0.15) is 11.2 Å². The molecule has 1 aromatic carbocycles. The van der Waals surface area contributed by atoms with Crippen LogP contribution in [-0.4, -0.2) is 85.5 Å². The molecule has 2 amide bonds. The van der Waals surface area contributed by atoms with Gasteiger partial charge in [-0.25, -0.2) is 24.4 Å². The van der Waals surface area contributed by atoms with Gasteiger partial charge >= 0.3 is 18.2 Å². The number of fused-ring (bicyclic) bond motifs is 3. The molecule has 2 aliphatic heterocycles. The summed E-state index contributed by atoms with van der Waals surface area (Å²) in [5.74, 6) is 0.495. The highest BCUT2D eigenvalue weighted by Gasteiger charge is 2.45. The number of aliphatic imine (C=N–C) groups is 2. The van der Waals surface area contributed by atoms with E-state index >= 15 is 0 Å². The molecule has 3 rings (SSSR count). The normalized spacial score (nSPS) is 18.7. The Labute approximate surface area is 303 Å². The lowest BCUT2D eigenvalue weighted by molar-refractivity contribution is 0.0545. The van der Waals surface area contributed by atoms with Gasteiger partial charge in [0.2, 0.25) is 11.9 Å². The summed E-state index contributed by atoms with van der Waals surface area (Å²) in [5.41, 5.74) is 3.22. The zero-order chi connectivity index (χ0) is 37.9. The molecule has 0 spiro atoms. The molecule has 4 N–H and O–H groups in total. The highest BCUT2D eigenvalue weighted by atomic mass is 16.6. The number of guanidine groups is 2. The van der Waals surface area contributed by atoms with Gasteiger partial charge in [0.25, 0.3) is 0 Å². The lowest BCUT2D eigenvalue weighted by Crippen LogP contribution is -2.48. The van der Waals surface area contributed by atoms with Gasteiger partial charge in [-0.15, -0.1) is 0 Å². The number of allylic oxidation sites excluding steroid dienone is 2. The molecule has 0 aromatic heterocycles. The minimum Gasteiger partial charge on any atom is -0.465 e. The van der Waals surface area contributed by atoms with E-state index in [0.29, 0.717) is 43.7 Å². The molecule has 13 nitrogen and oxygen atoms in total. The Morgan fingerprint density at radius 3 is 2.12 bits per heavy atom. The first-order valence-electron chi connectivity index (χ1n) is 17.7. The molecule has 0 bridgehead atoms. The van der Waals surface area contributed by atoms with E-state index in [9.17, 15) is 14.4 Å². The Balaban J connectivity index is 1.87. The minimum absolute atomic E-state index is 0.0729. The Morgan fingerprint density at radius 1 is 0.922 bits per heavy atom. The summed E-state index contributed by atoms with van der Waals surface area (Å²) in [7, 11) is 1.37. The van der Waals surface area contributed by atoms with Crippen LogP contribution in [0.5, 0.6) is 0 Å². The maximum atomic E-state index is 13.1. The maximum Gasteiger partial charge on any atom is 0.414 e. The first-order chi connectivity index (χ1) is 23.9. The molecule has 51 heavy (non-hydrogen) atoms. The molecule has 0 saturated carbocycles. The first-order valence-corrected chi connectivity index (χ1v) is 17.7. The second-order valence-electron chi connectivity index (χ2n) is 15.4. The molecule has 1 saturated heterocycles. The van der Waals surface area contributed by atoms with Crippen molar-refractivity contribution in [3.63, 3.8) is 0 Å². The smallest absolute Gasteiger partial charge is 0.414 e. The summed E-state index contributed by atoms with van der Waals surface area (Å²) in [6.07, 6.45) is 5.23. The van der Waals surface area contributed by atoms with Crippen molar-refractivity contribution in [2.45, 2.75) is 112 Å². The predicted molar refractivity (Wildman–Crippen MR) is 202 cm³/mol. The van der Waals surface area contributed by atoms with Crippen LogP contribution in [0.3, 0.4) is 0 Å². The Kier molecular flexibility index (Phi) is 14.5. The fourth-order valence-electron chi connectivity index (χ4n) is 5.95. The highest BCUT2D eigenvalue weighted by molar-refractivity contribution is 5.95. The quantitative estimate of drug-likeness (QED) is 0.0548. The second-order valence-corrected chi connectivity index (χ2v) is 15.4. The van der Waals surface area contributed by atoms with Gasteiger partial charge in [0.15, 0.2) is 0 Å². The summed E-state index contributed by atoms with van der Waals surface area (Å²) in [6, 6.07) is 5.44. The number of carbonyl (C=O) groups is 3. The first kappa shape index (κ1) is 40.9. The molecular weight excluding hydrogens is 650 g/mol. The minimum atomic E-state index is -0.683. The lowest BCUT2D eigenvalue weighted by atomic mass is 9.80. The standard InChI is InChI=1S/C38H59N7O6/c1-24(2)16-20-40-33(43-35(47)50-37(5,6)7)39-19-12-13-29-27-18-22-45(31(27)28-23-26(32(46)49-11)14-15-30(28)42-29)34(41-21-17-25(3)4)44-36(48)51-38(8,9)10/h14-17,23,27,29,31,42H,12-13,18-22H2,1-11H3,(H,41,44,48)(H2,39,40,43,47)/t27-,29-,31-/m0/s1. The van der Waals surface area contributed by atoms with Gasteiger partial charge in [0.05, 0.1) is 31.8 Å². The number of hydrogen-bond donors (Lipinski definition) is 4. The molecule has 2 heterocycles. The topological polar surface area (TPSA) is 155 Å². The molecule has 13 heteroatoms. The monoisotopic (exact) mass is 709 g/mol. The number of rotatable bonds is 9. The number of nitrogens with zero attached hydrogens (tertiary/aromatic N) is 3. The number of methoxy groups -OCH3 is 1. The number of hydrogen-bond acceptors (Lipinski definition) is 9. The molecule has 282 valence electrons. The van der Waals surface area contributed by atoms with Crippen LogP contribution in [0.2, 0.25) is 0 Å². The van der Waals surface area contributed by atoms with Crippen molar-refractivity contribution >= 4 is 35.8 Å². The van der Waals surface area contributed by atoms with Crippen LogP contribution in [-0.2, 0) is 14.2 Å². The number of benzene rings is 1. The van der Waals surface area contributed by atoms with Gasteiger partial charge in [-0.2, -0.15) is 0 Å². The fourth-order valence-corrected chi connectivity index (χ4v) is 5.95. The van der Waals surface area contributed by atoms with E-state index in [1.165, 1.54) is 7.11 Å². The number of ether oxygens (including phenoxy) is 3. The third kappa shape index (κ3) is 13.3. The van der Waals surface area contributed by atoms with Crippen molar-refractivity contribution in [1.29, 1.82) is 0 Å². The van der Waals surface area contributed by atoms with Crippen LogP contribution in [0, 0.1) is 5.92 Å². The largest absolute Gasteiger partial charge is 0.465 e. The van der Waals surface area contributed by atoms with Gasteiger partial charge in [-0.3, -0.25) is 10.6 Å². The molecule has 3 atom stereocenters. The summed E-state index contributed by atoms with van der Waals surface area (Å²) in [6.45, 7) is 20.9. The van der Waals surface area contributed by atoms with Crippen molar-refractivity contribution in [1.82, 2.24) is 20.9 Å². The second kappa shape index (κ2) is 18.1. The van der Waals surface area contributed by atoms with Crippen LogP contribution in [0.1, 0.15) is 110 Å². The molecule has 0 radical (unpaired) electrons. The van der Waals surface area contributed by atoms with Gasteiger partial charge < -0.3 is 29.7 Å². The highest BCUT2D eigenvalue weighted by Crippen LogP contribution is 2.47. The van der Waals surface area contributed by atoms with Crippen LogP contribution >= 0.6 is 0 Å². The number of alkyl carbamates (subject to hydrolysis) is 2. The van der Waals surface area contributed by atoms with Crippen LogP contribution in [0.4, 0.5) is 15.3 Å². The van der Waals surface area contributed by atoms with E-state index in [4.69, 9.17) is 19.2 Å². The summed E-state index contributed by atoms with van der Waals surface area (Å²) in [4.78, 5) is 49.7. The Morgan fingerprint density at radius 2 is 1.53 bits per heavy atom. The SMILES string of the molecule is COC(=O)c1ccc2c(c1)[C@@H]1[C@@H](CCN1C(=NCC=C(C)C)NC(=O)OC(C)(C)C)[C@H](CCCNC(=NCC=C(C)C)NC(=O)OC(C)(C)C)N2. The van der Waals surface area contributed by atoms with Gasteiger partial charge in [0, 0.05) is 30.7 Å². The molecule has 0 aliphatic carbocycles. The summed E-state index contributed by atoms with van der Waals surface area (Å²) in [5, 5.41) is 12.7. The molecule has 0 unspecified atom stereocenters. The zero-order valence-electron chi connectivity index (χ0n) is 32.4. The maximum absolute atomic E-state index is 13.1. The van der Waals surface area contributed by atoms with Gasteiger partial charge in [-0.05, 0) is 112 Å². The lowest BCUT2D eigenvalue weighted by Gasteiger charge is -2.41. The van der Waals surface area contributed by atoms with E-state index in [1.54, 1.807) is 6.07 Å². The summed E-state index contributed by atoms with van der Waals surface area (Å²) >= 11 is 0. The van der Waals surface area contributed by atoms with Crippen molar-refractivity contribution in [3.05, 3.63) is 52.6 Å². The molecule has 1 aromatic rings. The number of esters is 1. The van der Waals surface area contributed by atoms with Crippen LogP contribution in [0.15, 0.2) is 51.5 Å².